The van der Waals surface area contributed by atoms with E-state index in [9.17, 15) is 9.59 Å². The predicted octanol–water partition coefficient (Wildman–Crippen LogP) is 1.57. The van der Waals surface area contributed by atoms with Crippen molar-refractivity contribution < 1.29 is 9.59 Å². The molecule has 0 aromatic heterocycles. The van der Waals surface area contributed by atoms with Crippen molar-refractivity contribution in [1.82, 2.24) is 5.32 Å². The van der Waals surface area contributed by atoms with Crippen LogP contribution in [0.4, 0.5) is 0 Å². The topological polar surface area (TPSA) is 46.2 Å². The Labute approximate surface area is 85.3 Å². The summed E-state index contributed by atoms with van der Waals surface area (Å²) in [5.41, 5.74) is 0. The molecule has 1 atom stereocenters. The molecule has 1 saturated carbocycles. The highest BCUT2D eigenvalue weighted by Crippen LogP contribution is 2.26. The molecule has 0 saturated heterocycles. The molecule has 1 rings (SSSR count). The second-order valence-corrected chi connectivity index (χ2v) is 4.11. The zero-order valence-electron chi connectivity index (χ0n) is 8.71. The van der Waals surface area contributed by atoms with Crippen molar-refractivity contribution >= 4 is 12.2 Å². The monoisotopic (exact) mass is 196 g/mol. The third-order valence-corrected chi connectivity index (χ3v) is 2.81. The van der Waals surface area contributed by atoms with Crippen molar-refractivity contribution in [3.63, 3.8) is 0 Å². The summed E-state index contributed by atoms with van der Waals surface area (Å²) in [7, 11) is 0. The molecule has 1 radical (unpaired) electrons. The molecule has 0 aliphatic heterocycles. The van der Waals surface area contributed by atoms with Gasteiger partial charge in [-0.05, 0) is 12.3 Å². The third kappa shape index (κ3) is 3.90. The Morgan fingerprint density at radius 1 is 1.43 bits per heavy atom. The quantitative estimate of drug-likeness (QED) is 0.742. The number of rotatable bonds is 4. The summed E-state index contributed by atoms with van der Waals surface area (Å²) in [5, 5.41) is 2.61. The van der Waals surface area contributed by atoms with Gasteiger partial charge in [-0.2, -0.15) is 0 Å². The Morgan fingerprint density at radius 2 is 2.07 bits per heavy atom. The number of amides is 1. The second kappa shape index (κ2) is 5.78. The summed E-state index contributed by atoms with van der Waals surface area (Å²) in [4.78, 5) is 21.3. The summed E-state index contributed by atoms with van der Waals surface area (Å²) < 4.78 is 0. The number of hydrogen-bond donors (Lipinski definition) is 1. The minimum Gasteiger partial charge on any atom is -0.346 e. The van der Waals surface area contributed by atoms with Crippen LogP contribution >= 0.6 is 0 Å². The zero-order valence-corrected chi connectivity index (χ0v) is 8.71. The van der Waals surface area contributed by atoms with E-state index in [0.29, 0.717) is 5.92 Å². The Kier molecular flexibility index (Phi) is 4.63. The molecule has 0 aromatic rings. The first-order valence-corrected chi connectivity index (χ1v) is 5.37. The molecule has 1 amide bonds. The van der Waals surface area contributed by atoms with Crippen LogP contribution < -0.4 is 5.32 Å². The maximum Gasteiger partial charge on any atom is 0.222 e. The summed E-state index contributed by atoms with van der Waals surface area (Å²) >= 11 is 0. The van der Waals surface area contributed by atoms with Gasteiger partial charge in [0.1, 0.15) is 0 Å². The van der Waals surface area contributed by atoms with Crippen molar-refractivity contribution in [1.29, 1.82) is 0 Å². The fourth-order valence-electron chi connectivity index (χ4n) is 2.14. The molecule has 1 aliphatic rings. The van der Waals surface area contributed by atoms with Gasteiger partial charge < -0.3 is 5.32 Å². The molecule has 0 bridgehead atoms. The molecule has 0 spiro atoms. The first kappa shape index (κ1) is 11.2. The molecule has 14 heavy (non-hydrogen) atoms. The van der Waals surface area contributed by atoms with Crippen LogP contribution in [-0.2, 0) is 9.59 Å². The van der Waals surface area contributed by atoms with Gasteiger partial charge in [0.25, 0.3) is 0 Å². The van der Waals surface area contributed by atoms with Gasteiger partial charge in [0.05, 0.1) is 6.04 Å². The van der Waals surface area contributed by atoms with Gasteiger partial charge in [0.15, 0.2) is 0 Å². The summed E-state index contributed by atoms with van der Waals surface area (Å²) in [5.74, 6) is 0.455. The molecule has 1 aliphatic carbocycles. The van der Waals surface area contributed by atoms with E-state index in [1.165, 1.54) is 39.0 Å². The SMILES string of the molecule is CC(=O)N[C@H]([C]=O)CC1CCCCC1. The van der Waals surface area contributed by atoms with E-state index >= 15 is 0 Å². The average molecular weight is 196 g/mol. The van der Waals surface area contributed by atoms with Crippen LogP contribution in [0.2, 0.25) is 0 Å². The van der Waals surface area contributed by atoms with E-state index in [0.717, 1.165) is 6.42 Å². The van der Waals surface area contributed by atoms with E-state index in [2.05, 4.69) is 5.32 Å². The normalized spacial score (nSPS) is 20.1. The highest BCUT2D eigenvalue weighted by molar-refractivity contribution is 5.77. The lowest BCUT2D eigenvalue weighted by Gasteiger charge is -2.23. The Hall–Kier alpha value is -0.860. The molecular weight excluding hydrogens is 178 g/mol. The fourth-order valence-corrected chi connectivity index (χ4v) is 2.14. The van der Waals surface area contributed by atoms with Gasteiger partial charge in [-0.1, -0.05) is 32.1 Å². The van der Waals surface area contributed by atoms with Crippen LogP contribution in [-0.4, -0.2) is 18.2 Å². The third-order valence-electron chi connectivity index (χ3n) is 2.81. The minimum atomic E-state index is -0.393. The van der Waals surface area contributed by atoms with E-state index < -0.39 is 6.04 Å². The first-order chi connectivity index (χ1) is 6.72. The van der Waals surface area contributed by atoms with E-state index in [-0.39, 0.29) is 5.91 Å². The maximum atomic E-state index is 10.8. The lowest BCUT2D eigenvalue weighted by atomic mass is 9.85. The lowest BCUT2D eigenvalue weighted by Crippen LogP contribution is -2.36. The summed E-state index contributed by atoms with van der Waals surface area (Å²) in [6.45, 7) is 1.44. The number of carbonyl (C=O) groups is 1. The van der Waals surface area contributed by atoms with Gasteiger partial charge in [-0.3, -0.25) is 9.59 Å². The predicted molar refractivity (Wildman–Crippen MR) is 54.5 cm³/mol. The van der Waals surface area contributed by atoms with Crippen LogP contribution in [0.25, 0.3) is 0 Å². The van der Waals surface area contributed by atoms with Crippen LogP contribution in [0.15, 0.2) is 0 Å². The Balaban J connectivity index is 2.30. The average Bonchev–Trinajstić information content (AvgIpc) is 2.17. The van der Waals surface area contributed by atoms with E-state index in [1.54, 1.807) is 0 Å². The van der Waals surface area contributed by atoms with Crippen LogP contribution in [0.3, 0.4) is 0 Å². The van der Waals surface area contributed by atoms with Crippen LogP contribution in [0.1, 0.15) is 45.4 Å². The van der Waals surface area contributed by atoms with Gasteiger partial charge in [-0.15, -0.1) is 0 Å². The number of carbonyl (C=O) groups excluding carboxylic acids is 2. The molecule has 0 heterocycles. The summed E-state index contributed by atoms with van der Waals surface area (Å²) in [6, 6.07) is -0.393. The van der Waals surface area contributed by atoms with Gasteiger partial charge in [0.2, 0.25) is 12.2 Å². The highest BCUT2D eigenvalue weighted by atomic mass is 16.2. The largest absolute Gasteiger partial charge is 0.346 e. The van der Waals surface area contributed by atoms with Crippen molar-refractivity contribution in [2.24, 2.45) is 5.92 Å². The Morgan fingerprint density at radius 3 is 2.57 bits per heavy atom. The summed E-state index contributed by atoms with van der Waals surface area (Å²) in [6.07, 6.45) is 8.88. The zero-order chi connectivity index (χ0) is 10.4. The van der Waals surface area contributed by atoms with E-state index in [1.807, 2.05) is 6.29 Å². The standard InChI is InChI=1S/C11H18NO2/c1-9(14)12-11(8-13)7-10-5-3-2-4-6-10/h10-11H,2-7H2,1H3,(H,12,14)/t11-/m0/s1. The Bertz CT molecular complexity index is 197. The van der Waals surface area contributed by atoms with Gasteiger partial charge >= 0.3 is 0 Å². The molecule has 1 N–H and O–H groups in total. The van der Waals surface area contributed by atoms with Crippen LogP contribution in [0, 0.1) is 5.92 Å². The van der Waals surface area contributed by atoms with E-state index in [4.69, 9.17) is 0 Å². The lowest BCUT2D eigenvalue weighted by molar-refractivity contribution is -0.119. The maximum absolute atomic E-state index is 10.8. The van der Waals surface area contributed by atoms with Gasteiger partial charge in [-0.25, -0.2) is 0 Å². The van der Waals surface area contributed by atoms with Gasteiger partial charge in [0, 0.05) is 6.92 Å². The molecule has 0 unspecified atom stereocenters. The molecule has 79 valence electrons. The molecule has 3 heteroatoms. The molecule has 0 aromatic carbocycles. The first-order valence-electron chi connectivity index (χ1n) is 5.37. The van der Waals surface area contributed by atoms with Crippen molar-refractivity contribution in [3.8, 4) is 0 Å². The molecular formula is C11H18NO2. The van der Waals surface area contributed by atoms with Crippen molar-refractivity contribution in [3.05, 3.63) is 0 Å². The minimum absolute atomic E-state index is 0.144. The van der Waals surface area contributed by atoms with Crippen molar-refractivity contribution in [2.75, 3.05) is 0 Å². The molecule has 1 fully saturated rings. The molecule has 3 nitrogen and oxygen atoms in total. The highest BCUT2D eigenvalue weighted by Gasteiger charge is 2.19. The number of hydrogen-bond acceptors (Lipinski definition) is 2. The number of nitrogens with one attached hydrogen (secondary N) is 1. The van der Waals surface area contributed by atoms with Crippen LogP contribution in [0.5, 0.6) is 0 Å². The second-order valence-electron chi connectivity index (χ2n) is 4.11. The van der Waals surface area contributed by atoms with Crippen molar-refractivity contribution in [2.45, 2.75) is 51.5 Å². The smallest absolute Gasteiger partial charge is 0.222 e. The fraction of sp³-hybridized carbons (Fsp3) is 0.818.